The van der Waals surface area contributed by atoms with Crippen molar-refractivity contribution in [3.63, 3.8) is 0 Å². The largest absolute Gasteiger partial charge is 0.497 e. The van der Waals surface area contributed by atoms with Crippen LogP contribution in [0.5, 0.6) is 5.75 Å². The second kappa shape index (κ2) is 4.82. The van der Waals surface area contributed by atoms with E-state index in [0.717, 1.165) is 6.54 Å². The summed E-state index contributed by atoms with van der Waals surface area (Å²) in [5, 5.41) is 0. The van der Waals surface area contributed by atoms with Gasteiger partial charge in [0.25, 0.3) is 0 Å². The third-order valence-electron chi connectivity index (χ3n) is 2.59. The molecule has 0 aliphatic carbocycles. The molecule has 1 heterocycles. The molecule has 0 saturated carbocycles. The van der Waals surface area contributed by atoms with Gasteiger partial charge in [-0.1, -0.05) is 12.1 Å². The number of carbonyl (C=O) groups excluding carboxylic acids is 1. The molecule has 0 bridgehead atoms. The van der Waals surface area contributed by atoms with E-state index in [1.807, 2.05) is 17.6 Å². The Morgan fingerprint density at radius 2 is 2.29 bits per heavy atom. The highest BCUT2D eigenvalue weighted by Crippen LogP contribution is 2.15. The number of hydrogen-bond donors (Lipinski definition) is 0. The van der Waals surface area contributed by atoms with Crippen LogP contribution in [-0.4, -0.2) is 22.4 Å². The smallest absolute Gasteiger partial charge is 0.228 e. The SMILES string of the molecule is CCn1ccnc1C(=O)c1cccc(OC)c1. The number of hydrogen-bond acceptors (Lipinski definition) is 3. The molecule has 17 heavy (non-hydrogen) atoms. The lowest BCUT2D eigenvalue weighted by molar-refractivity contribution is 0.102. The molecule has 0 unspecified atom stereocenters. The Hall–Kier alpha value is -2.10. The van der Waals surface area contributed by atoms with E-state index in [2.05, 4.69) is 4.98 Å². The Labute approximate surface area is 99.9 Å². The van der Waals surface area contributed by atoms with Crippen LogP contribution >= 0.6 is 0 Å². The van der Waals surface area contributed by atoms with Crippen molar-refractivity contribution < 1.29 is 9.53 Å². The van der Waals surface area contributed by atoms with Crippen LogP contribution in [0.1, 0.15) is 23.1 Å². The number of imidazole rings is 1. The second-order valence-electron chi connectivity index (χ2n) is 3.60. The number of benzene rings is 1. The Morgan fingerprint density at radius 1 is 1.47 bits per heavy atom. The van der Waals surface area contributed by atoms with E-state index in [1.54, 1.807) is 37.7 Å². The number of aromatic nitrogens is 2. The van der Waals surface area contributed by atoms with Gasteiger partial charge in [-0.2, -0.15) is 0 Å². The Bertz CT molecular complexity index is 532. The zero-order valence-corrected chi connectivity index (χ0v) is 9.88. The predicted molar refractivity (Wildman–Crippen MR) is 64.3 cm³/mol. The minimum Gasteiger partial charge on any atom is -0.497 e. The van der Waals surface area contributed by atoms with Crippen LogP contribution < -0.4 is 4.74 Å². The van der Waals surface area contributed by atoms with Crippen LogP contribution in [-0.2, 0) is 6.54 Å². The minimum atomic E-state index is -0.0873. The van der Waals surface area contributed by atoms with Crippen LogP contribution in [0.15, 0.2) is 36.7 Å². The molecule has 0 atom stereocenters. The van der Waals surface area contributed by atoms with Gasteiger partial charge < -0.3 is 9.30 Å². The highest BCUT2D eigenvalue weighted by molar-refractivity contribution is 6.06. The van der Waals surface area contributed by atoms with E-state index in [9.17, 15) is 4.79 Å². The van der Waals surface area contributed by atoms with Crippen molar-refractivity contribution in [3.05, 3.63) is 48.0 Å². The van der Waals surface area contributed by atoms with Crippen LogP contribution in [0, 0.1) is 0 Å². The van der Waals surface area contributed by atoms with Crippen molar-refractivity contribution in [2.75, 3.05) is 7.11 Å². The van der Waals surface area contributed by atoms with Gasteiger partial charge in [0.05, 0.1) is 7.11 Å². The molecule has 1 aromatic heterocycles. The zero-order valence-electron chi connectivity index (χ0n) is 9.88. The summed E-state index contributed by atoms with van der Waals surface area (Å²) in [6.45, 7) is 2.70. The highest BCUT2D eigenvalue weighted by Gasteiger charge is 2.14. The van der Waals surface area contributed by atoms with Gasteiger partial charge in [0.15, 0.2) is 5.82 Å². The zero-order chi connectivity index (χ0) is 12.3. The van der Waals surface area contributed by atoms with Crippen molar-refractivity contribution >= 4 is 5.78 Å². The topological polar surface area (TPSA) is 44.1 Å². The molecule has 0 aliphatic rings. The van der Waals surface area contributed by atoms with Gasteiger partial charge in [0.1, 0.15) is 5.75 Å². The minimum absolute atomic E-state index is 0.0873. The first-order valence-electron chi connectivity index (χ1n) is 5.46. The predicted octanol–water partition coefficient (Wildman–Crippen LogP) is 2.14. The average molecular weight is 230 g/mol. The van der Waals surface area contributed by atoms with Gasteiger partial charge in [-0.3, -0.25) is 4.79 Å². The molecular formula is C13H14N2O2. The van der Waals surface area contributed by atoms with E-state index in [0.29, 0.717) is 17.1 Å². The lowest BCUT2D eigenvalue weighted by atomic mass is 10.1. The number of carbonyl (C=O) groups is 1. The molecule has 0 radical (unpaired) electrons. The fourth-order valence-electron chi connectivity index (χ4n) is 1.67. The fourth-order valence-corrected chi connectivity index (χ4v) is 1.67. The van der Waals surface area contributed by atoms with Crippen LogP contribution in [0.2, 0.25) is 0 Å². The van der Waals surface area contributed by atoms with Crippen molar-refractivity contribution in [2.45, 2.75) is 13.5 Å². The summed E-state index contributed by atoms with van der Waals surface area (Å²) in [6.07, 6.45) is 3.43. The maximum absolute atomic E-state index is 12.2. The Morgan fingerprint density at radius 3 is 3.00 bits per heavy atom. The third kappa shape index (κ3) is 2.20. The summed E-state index contributed by atoms with van der Waals surface area (Å²) >= 11 is 0. The number of ketones is 1. The van der Waals surface area contributed by atoms with E-state index in [1.165, 1.54) is 0 Å². The van der Waals surface area contributed by atoms with Gasteiger partial charge in [-0.25, -0.2) is 4.98 Å². The number of rotatable bonds is 4. The number of methoxy groups -OCH3 is 1. The molecule has 4 nitrogen and oxygen atoms in total. The quantitative estimate of drug-likeness (QED) is 0.756. The molecule has 1 aromatic carbocycles. The first-order chi connectivity index (χ1) is 8.26. The molecule has 0 N–H and O–H groups in total. The van der Waals surface area contributed by atoms with Crippen LogP contribution in [0.25, 0.3) is 0 Å². The van der Waals surface area contributed by atoms with Gasteiger partial charge in [-0.05, 0) is 19.1 Å². The van der Waals surface area contributed by atoms with Crippen molar-refractivity contribution in [1.82, 2.24) is 9.55 Å². The maximum atomic E-state index is 12.2. The Balaban J connectivity index is 2.36. The van der Waals surface area contributed by atoms with Crippen LogP contribution in [0.4, 0.5) is 0 Å². The molecule has 0 saturated heterocycles. The van der Waals surface area contributed by atoms with Crippen molar-refractivity contribution in [1.29, 1.82) is 0 Å². The van der Waals surface area contributed by atoms with Crippen molar-refractivity contribution in [3.8, 4) is 5.75 Å². The summed E-state index contributed by atoms with van der Waals surface area (Å²) in [5.74, 6) is 1.04. The summed E-state index contributed by atoms with van der Waals surface area (Å²) in [5.41, 5.74) is 0.588. The second-order valence-corrected chi connectivity index (χ2v) is 3.60. The van der Waals surface area contributed by atoms with Gasteiger partial charge in [0, 0.05) is 24.5 Å². The molecule has 0 aliphatic heterocycles. The molecule has 0 spiro atoms. The highest BCUT2D eigenvalue weighted by atomic mass is 16.5. The number of aryl methyl sites for hydroxylation is 1. The van der Waals surface area contributed by atoms with E-state index in [4.69, 9.17) is 4.74 Å². The Kier molecular flexibility index (Phi) is 3.23. The number of nitrogens with zero attached hydrogens (tertiary/aromatic N) is 2. The lowest BCUT2D eigenvalue weighted by Gasteiger charge is -2.05. The summed E-state index contributed by atoms with van der Waals surface area (Å²) in [7, 11) is 1.58. The molecule has 0 amide bonds. The fraction of sp³-hybridized carbons (Fsp3) is 0.231. The summed E-state index contributed by atoms with van der Waals surface area (Å²) < 4.78 is 6.92. The van der Waals surface area contributed by atoms with Gasteiger partial charge >= 0.3 is 0 Å². The van der Waals surface area contributed by atoms with Gasteiger partial charge in [-0.15, -0.1) is 0 Å². The maximum Gasteiger partial charge on any atom is 0.228 e. The first-order valence-corrected chi connectivity index (χ1v) is 5.46. The molecule has 4 heteroatoms. The summed E-state index contributed by atoms with van der Waals surface area (Å²) in [6, 6.07) is 7.09. The van der Waals surface area contributed by atoms with Crippen molar-refractivity contribution in [2.24, 2.45) is 0 Å². The average Bonchev–Trinajstić information content (AvgIpc) is 2.86. The lowest BCUT2D eigenvalue weighted by Crippen LogP contribution is -2.10. The van der Waals surface area contributed by atoms with Crippen LogP contribution in [0.3, 0.4) is 0 Å². The molecule has 2 aromatic rings. The van der Waals surface area contributed by atoms with Gasteiger partial charge in [0.2, 0.25) is 5.78 Å². The standard InChI is InChI=1S/C13H14N2O2/c1-3-15-8-7-14-13(15)12(16)10-5-4-6-11(9-10)17-2/h4-9H,3H2,1-2H3. The molecule has 0 fully saturated rings. The number of ether oxygens (including phenoxy) is 1. The monoisotopic (exact) mass is 230 g/mol. The van der Waals surface area contributed by atoms with E-state index < -0.39 is 0 Å². The summed E-state index contributed by atoms with van der Waals surface area (Å²) in [4.78, 5) is 16.3. The van der Waals surface area contributed by atoms with E-state index >= 15 is 0 Å². The normalized spacial score (nSPS) is 10.2. The molecule has 88 valence electrons. The first kappa shape index (κ1) is 11.4. The van der Waals surface area contributed by atoms with E-state index in [-0.39, 0.29) is 5.78 Å². The molecule has 2 rings (SSSR count). The molecular weight excluding hydrogens is 216 g/mol. The third-order valence-corrected chi connectivity index (χ3v) is 2.59.